The smallest absolute Gasteiger partial charge is 0.320 e. The third-order valence-corrected chi connectivity index (χ3v) is 6.88. The summed E-state index contributed by atoms with van der Waals surface area (Å²) in [5, 5.41) is 15.3. The molecule has 1 heterocycles. The molecular formula is C26H33FN2O3. The Morgan fingerprint density at radius 2 is 2.00 bits per heavy atom. The number of benzene rings is 2. The van der Waals surface area contributed by atoms with Crippen LogP contribution in [0.15, 0.2) is 42.5 Å². The monoisotopic (exact) mass is 440 g/mol. The van der Waals surface area contributed by atoms with Gasteiger partial charge in [-0.25, -0.2) is 4.39 Å². The molecule has 2 aromatic carbocycles. The molecule has 1 aliphatic heterocycles. The van der Waals surface area contributed by atoms with E-state index in [1.807, 2.05) is 25.2 Å². The van der Waals surface area contributed by atoms with Crippen LogP contribution >= 0.6 is 0 Å². The van der Waals surface area contributed by atoms with E-state index in [1.54, 1.807) is 12.1 Å². The highest BCUT2D eigenvalue weighted by atomic mass is 19.1. The van der Waals surface area contributed by atoms with Gasteiger partial charge in [-0.2, -0.15) is 0 Å². The number of hydrogen-bond acceptors (Lipinski definition) is 4. The quantitative estimate of drug-likeness (QED) is 0.572. The zero-order valence-corrected chi connectivity index (χ0v) is 18.6. The SMILES string of the molecule is CNCc1ccc(F)cc1C1CCC(Cc2cccc(O[C@@H]3CN[C@H](C(=O)O)C3)c2)CC1. The van der Waals surface area contributed by atoms with Crippen molar-refractivity contribution in [2.45, 2.75) is 63.1 Å². The van der Waals surface area contributed by atoms with Gasteiger partial charge in [-0.1, -0.05) is 18.2 Å². The second kappa shape index (κ2) is 10.5. The maximum absolute atomic E-state index is 13.9. The summed E-state index contributed by atoms with van der Waals surface area (Å²) >= 11 is 0. The predicted octanol–water partition coefficient (Wildman–Crippen LogP) is 4.26. The normalized spacial score (nSPS) is 25.6. The van der Waals surface area contributed by atoms with Crippen molar-refractivity contribution < 1.29 is 19.0 Å². The van der Waals surface area contributed by atoms with Crippen molar-refractivity contribution in [2.75, 3.05) is 13.6 Å². The van der Waals surface area contributed by atoms with Crippen molar-refractivity contribution in [3.05, 3.63) is 65.0 Å². The fourth-order valence-electron chi connectivity index (χ4n) is 5.23. The lowest BCUT2D eigenvalue weighted by molar-refractivity contribution is -0.139. The molecule has 6 heteroatoms. The first-order chi connectivity index (χ1) is 15.5. The first kappa shape index (κ1) is 22.7. The fourth-order valence-corrected chi connectivity index (χ4v) is 5.23. The highest BCUT2D eigenvalue weighted by molar-refractivity contribution is 5.73. The highest BCUT2D eigenvalue weighted by Gasteiger charge is 2.30. The van der Waals surface area contributed by atoms with E-state index < -0.39 is 12.0 Å². The van der Waals surface area contributed by atoms with Gasteiger partial charge in [0.25, 0.3) is 0 Å². The molecular weight excluding hydrogens is 407 g/mol. The number of carboxylic acids is 1. The first-order valence-corrected chi connectivity index (χ1v) is 11.7. The minimum atomic E-state index is -0.822. The van der Waals surface area contributed by atoms with Gasteiger partial charge < -0.3 is 20.5 Å². The van der Waals surface area contributed by atoms with Crippen LogP contribution in [-0.4, -0.2) is 36.8 Å². The number of aliphatic carboxylic acids is 1. The summed E-state index contributed by atoms with van der Waals surface area (Å²) in [6, 6.07) is 12.9. The van der Waals surface area contributed by atoms with Gasteiger partial charge in [-0.05, 0) is 91.9 Å². The van der Waals surface area contributed by atoms with Gasteiger partial charge in [-0.3, -0.25) is 4.79 Å². The Kier molecular flexibility index (Phi) is 7.43. The van der Waals surface area contributed by atoms with Crippen LogP contribution in [0.3, 0.4) is 0 Å². The van der Waals surface area contributed by atoms with Crippen LogP contribution in [-0.2, 0) is 17.8 Å². The number of ether oxygens (including phenoxy) is 1. The second-order valence-electron chi connectivity index (χ2n) is 9.22. The Labute approximate surface area is 189 Å². The number of carboxylic acid groups (broad SMARTS) is 1. The largest absolute Gasteiger partial charge is 0.489 e. The van der Waals surface area contributed by atoms with Crippen LogP contribution in [0.25, 0.3) is 0 Å². The van der Waals surface area contributed by atoms with Gasteiger partial charge in [0.15, 0.2) is 0 Å². The van der Waals surface area contributed by atoms with Gasteiger partial charge in [-0.15, -0.1) is 0 Å². The van der Waals surface area contributed by atoms with E-state index in [2.05, 4.69) is 22.8 Å². The molecule has 2 atom stereocenters. The predicted molar refractivity (Wildman–Crippen MR) is 122 cm³/mol. The summed E-state index contributed by atoms with van der Waals surface area (Å²) in [5.74, 6) is 0.887. The van der Waals surface area contributed by atoms with Crippen molar-refractivity contribution in [2.24, 2.45) is 5.92 Å². The topological polar surface area (TPSA) is 70.6 Å². The lowest BCUT2D eigenvalue weighted by Crippen LogP contribution is -2.30. The lowest BCUT2D eigenvalue weighted by atomic mass is 9.75. The minimum absolute atomic E-state index is 0.111. The molecule has 0 spiro atoms. The van der Waals surface area contributed by atoms with E-state index >= 15 is 0 Å². The average Bonchev–Trinajstić information content (AvgIpc) is 3.25. The van der Waals surface area contributed by atoms with E-state index in [-0.39, 0.29) is 11.9 Å². The molecule has 0 radical (unpaired) electrons. The summed E-state index contributed by atoms with van der Waals surface area (Å²) < 4.78 is 19.9. The molecule has 1 saturated heterocycles. The Balaban J connectivity index is 1.32. The van der Waals surface area contributed by atoms with Crippen molar-refractivity contribution >= 4 is 5.97 Å². The van der Waals surface area contributed by atoms with E-state index in [0.29, 0.717) is 24.8 Å². The van der Waals surface area contributed by atoms with Gasteiger partial charge in [0.05, 0.1) is 0 Å². The Bertz CT molecular complexity index is 927. The van der Waals surface area contributed by atoms with Crippen LogP contribution < -0.4 is 15.4 Å². The molecule has 4 rings (SSSR count). The molecule has 172 valence electrons. The third kappa shape index (κ3) is 5.67. The van der Waals surface area contributed by atoms with Crippen LogP contribution in [0.1, 0.15) is 54.7 Å². The number of hydrogen-bond donors (Lipinski definition) is 3. The van der Waals surface area contributed by atoms with E-state index in [0.717, 1.165) is 50.0 Å². The molecule has 1 aliphatic carbocycles. The average molecular weight is 441 g/mol. The highest BCUT2D eigenvalue weighted by Crippen LogP contribution is 2.39. The van der Waals surface area contributed by atoms with E-state index in [9.17, 15) is 9.18 Å². The van der Waals surface area contributed by atoms with Gasteiger partial charge in [0, 0.05) is 19.5 Å². The molecule has 32 heavy (non-hydrogen) atoms. The molecule has 0 aromatic heterocycles. The maximum atomic E-state index is 13.9. The lowest BCUT2D eigenvalue weighted by Gasteiger charge is -2.30. The van der Waals surface area contributed by atoms with Gasteiger partial charge in [0.2, 0.25) is 0 Å². The summed E-state index contributed by atoms with van der Waals surface area (Å²) in [6.07, 6.45) is 5.84. The van der Waals surface area contributed by atoms with Crippen LogP contribution in [0.4, 0.5) is 4.39 Å². The maximum Gasteiger partial charge on any atom is 0.320 e. The summed E-state index contributed by atoms with van der Waals surface area (Å²) in [7, 11) is 1.93. The van der Waals surface area contributed by atoms with E-state index in [1.165, 1.54) is 11.1 Å². The summed E-state index contributed by atoms with van der Waals surface area (Å²) in [6.45, 7) is 1.33. The molecule has 2 aliphatic rings. The second-order valence-corrected chi connectivity index (χ2v) is 9.22. The zero-order valence-electron chi connectivity index (χ0n) is 18.6. The Morgan fingerprint density at radius 3 is 2.72 bits per heavy atom. The molecule has 2 fully saturated rings. The number of halogens is 1. The van der Waals surface area contributed by atoms with Crippen molar-refractivity contribution in [1.29, 1.82) is 0 Å². The van der Waals surface area contributed by atoms with Crippen molar-refractivity contribution in [1.82, 2.24) is 10.6 Å². The molecule has 1 saturated carbocycles. The number of rotatable bonds is 8. The molecule has 2 aromatic rings. The third-order valence-electron chi connectivity index (χ3n) is 6.88. The van der Waals surface area contributed by atoms with Crippen LogP contribution in [0.2, 0.25) is 0 Å². The molecule has 0 unspecified atom stereocenters. The Morgan fingerprint density at radius 1 is 1.19 bits per heavy atom. The van der Waals surface area contributed by atoms with Crippen LogP contribution in [0.5, 0.6) is 5.75 Å². The number of nitrogens with one attached hydrogen (secondary N) is 2. The van der Waals surface area contributed by atoms with Gasteiger partial charge >= 0.3 is 5.97 Å². The Hall–Kier alpha value is -2.44. The zero-order chi connectivity index (χ0) is 22.5. The van der Waals surface area contributed by atoms with Crippen molar-refractivity contribution in [3.63, 3.8) is 0 Å². The molecule has 0 bridgehead atoms. The molecule has 5 nitrogen and oxygen atoms in total. The van der Waals surface area contributed by atoms with Gasteiger partial charge in [0.1, 0.15) is 23.7 Å². The summed E-state index contributed by atoms with van der Waals surface area (Å²) in [4.78, 5) is 11.1. The standard InChI is InChI=1S/C26H33FN2O3/c1-28-15-20-9-10-21(27)13-24(20)19-7-5-17(6-8-19)11-18-3-2-4-22(12-18)32-23-14-25(26(30)31)29-16-23/h2-4,9-10,12-13,17,19,23,25,28-29H,5-8,11,14-16H2,1H3,(H,30,31)/t17?,19?,23-,25-/m0/s1. The van der Waals surface area contributed by atoms with Crippen molar-refractivity contribution in [3.8, 4) is 5.75 Å². The van der Waals surface area contributed by atoms with Crippen LogP contribution in [0, 0.1) is 11.7 Å². The minimum Gasteiger partial charge on any atom is -0.489 e. The molecule has 0 amide bonds. The molecule has 3 N–H and O–H groups in total. The number of carbonyl (C=O) groups is 1. The van der Waals surface area contributed by atoms with E-state index in [4.69, 9.17) is 9.84 Å². The fraction of sp³-hybridized carbons (Fsp3) is 0.500. The first-order valence-electron chi connectivity index (χ1n) is 11.7. The summed E-state index contributed by atoms with van der Waals surface area (Å²) in [5.41, 5.74) is 3.63.